The molecule has 188 valence electrons. The van der Waals surface area contributed by atoms with Gasteiger partial charge in [-0.15, -0.1) is 0 Å². The van der Waals surface area contributed by atoms with E-state index in [1.165, 1.54) is 28.0 Å². The topological polar surface area (TPSA) is 127 Å². The number of hydrogen-bond donors (Lipinski definition) is 1. The maximum Gasteiger partial charge on any atom is 0.414 e. The highest BCUT2D eigenvalue weighted by Gasteiger charge is 2.36. The van der Waals surface area contributed by atoms with E-state index in [1.54, 1.807) is 0 Å². The Bertz CT molecular complexity index is 1270. The van der Waals surface area contributed by atoms with Crippen molar-refractivity contribution >= 4 is 33.2 Å². The number of amides is 2. The lowest BCUT2D eigenvalue weighted by molar-refractivity contribution is 0.0679. The van der Waals surface area contributed by atoms with E-state index in [4.69, 9.17) is 4.74 Å². The first-order chi connectivity index (χ1) is 16.4. The molecule has 35 heavy (non-hydrogen) atoms. The zero-order valence-corrected chi connectivity index (χ0v) is 20.7. The molecule has 2 saturated heterocycles. The Morgan fingerprint density at radius 1 is 1.17 bits per heavy atom. The van der Waals surface area contributed by atoms with Gasteiger partial charge in [-0.3, -0.25) is 9.69 Å². The minimum absolute atomic E-state index is 0.0202. The van der Waals surface area contributed by atoms with E-state index in [0.29, 0.717) is 5.69 Å². The van der Waals surface area contributed by atoms with E-state index >= 15 is 0 Å². The number of nitrogens with zero attached hydrogens (tertiary/aromatic N) is 3. The summed E-state index contributed by atoms with van der Waals surface area (Å²) in [5.41, 5.74) is 2.82. The molecule has 1 N–H and O–H groups in total. The molecular formula is C24H29N3O7S. The van der Waals surface area contributed by atoms with Gasteiger partial charge in [0.25, 0.3) is 5.91 Å². The van der Waals surface area contributed by atoms with Crippen LogP contribution in [0.5, 0.6) is 0 Å². The molecule has 2 heterocycles. The first-order valence-electron chi connectivity index (χ1n) is 11.3. The molecule has 2 aromatic carbocycles. The Balaban J connectivity index is 1.59. The number of sulfone groups is 1. The fourth-order valence-corrected chi connectivity index (χ4v) is 5.61. The number of rotatable bonds is 5. The number of quaternary nitrogens is 1. The zero-order valence-electron chi connectivity index (χ0n) is 19.9. The summed E-state index contributed by atoms with van der Waals surface area (Å²) in [6.07, 6.45) is 0.291. The molecule has 2 aliphatic heterocycles. The van der Waals surface area contributed by atoms with Gasteiger partial charge in [0.05, 0.1) is 36.2 Å². The molecule has 11 heteroatoms. The predicted octanol–water partition coefficient (Wildman–Crippen LogP) is 1.99. The van der Waals surface area contributed by atoms with Crippen LogP contribution in [0.25, 0.3) is 0 Å². The highest BCUT2D eigenvalue weighted by atomic mass is 32.2. The molecule has 0 spiro atoms. The second-order valence-corrected chi connectivity index (χ2v) is 11.1. The summed E-state index contributed by atoms with van der Waals surface area (Å²) in [7, 11) is -3.84. The van der Waals surface area contributed by atoms with Gasteiger partial charge < -0.3 is 24.6 Å². The Morgan fingerprint density at radius 2 is 1.86 bits per heavy atom. The molecule has 0 radical (unpaired) electrons. The van der Waals surface area contributed by atoms with Crippen molar-refractivity contribution in [2.75, 3.05) is 50.5 Å². The lowest BCUT2D eigenvalue weighted by Crippen LogP contribution is -2.58. The molecule has 0 saturated carbocycles. The van der Waals surface area contributed by atoms with Crippen molar-refractivity contribution < 1.29 is 27.9 Å². The highest BCUT2D eigenvalue weighted by molar-refractivity contribution is 7.90. The Morgan fingerprint density at radius 3 is 2.46 bits per heavy atom. The monoisotopic (exact) mass is 503 g/mol. The van der Waals surface area contributed by atoms with E-state index in [-0.39, 0.29) is 55.5 Å². The van der Waals surface area contributed by atoms with Crippen LogP contribution in [0.1, 0.15) is 21.5 Å². The van der Waals surface area contributed by atoms with Gasteiger partial charge in [0.1, 0.15) is 25.4 Å². The van der Waals surface area contributed by atoms with Crippen molar-refractivity contribution in [3.8, 4) is 0 Å². The average molecular weight is 504 g/mol. The van der Waals surface area contributed by atoms with E-state index in [1.807, 2.05) is 32.0 Å². The molecule has 0 bridgehead atoms. The first kappa shape index (κ1) is 25.1. The summed E-state index contributed by atoms with van der Waals surface area (Å²) in [4.78, 5) is 27.9. The second-order valence-electron chi connectivity index (χ2n) is 9.15. The van der Waals surface area contributed by atoms with Crippen LogP contribution in [0.15, 0.2) is 41.3 Å². The summed E-state index contributed by atoms with van der Waals surface area (Å²) in [6, 6.07) is 9.13. The summed E-state index contributed by atoms with van der Waals surface area (Å²) in [5, 5.41) is 23.0. The zero-order chi connectivity index (χ0) is 25.5. The largest absolute Gasteiger partial charge is 0.627 e. The van der Waals surface area contributed by atoms with Crippen molar-refractivity contribution in [3.63, 3.8) is 0 Å². The summed E-state index contributed by atoms with van der Waals surface area (Å²) >= 11 is 0. The van der Waals surface area contributed by atoms with Crippen molar-refractivity contribution in [2.45, 2.75) is 24.8 Å². The van der Waals surface area contributed by atoms with E-state index in [0.717, 1.165) is 17.4 Å². The van der Waals surface area contributed by atoms with E-state index < -0.39 is 32.5 Å². The van der Waals surface area contributed by atoms with Crippen LogP contribution < -0.4 is 9.55 Å². The van der Waals surface area contributed by atoms with Gasteiger partial charge >= 0.3 is 6.09 Å². The summed E-state index contributed by atoms with van der Waals surface area (Å²) in [6.45, 7) is 4.13. The van der Waals surface area contributed by atoms with Gasteiger partial charge in [-0.1, -0.05) is 17.7 Å². The van der Waals surface area contributed by atoms with Crippen LogP contribution in [0.3, 0.4) is 0 Å². The van der Waals surface area contributed by atoms with Crippen LogP contribution in [0.2, 0.25) is 0 Å². The van der Waals surface area contributed by atoms with Gasteiger partial charge in [-0.2, -0.15) is 0 Å². The van der Waals surface area contributed by atoms with Crippen molar-refractivity contribution in [2.24, 2.45) is 0 Å². The molecule has 2 amide bonds. The maximum absolute atomic E-state index is 13.5. The summed E-state index contributed by atoms with van der Waals surface area (Å²) in [5.74, 6) is -0.494. The fourth-order valence-electron chi connectivity index (χ4n) is 4.72. The van der Waals surface area contributed by atoms with Gasteiger partial charge in [0.15, 0.2) is 9.84 Å². The van der Waals surface area contributed by atoms with Crippen LogP contribution in [-0.4, -0.2) is 82.1 Å². The third-order valence-electron chi connectivity index (χ3n) is 6.59. The molecular weight excluding hydrogens is 474 g/mol. The van der Waals surface area contributed by atoms with Crippen molar-refractivity contribution in [1.82, 2.24) is 9.55 Å². The van der Waals surface area contributed by atoms with Crippen LogP contribution in [0.4, 0.5) is 16.2 Å². The number of hydrogen-bond acceptors (Lipinski definition) is 7. The molecule has 0 aromatic heterocycles. The minimum Gasteiger partial charge on any atom is -0.627 e. The summed E-state index contributed by atoms with van der Waals surface area (Å²) < 4.78 is 29.6. The second kappa shape index (κ2) is 9.23. The lowest BCUT2D eigenvalue weighted by atomic mass is 10.1. The smallest absolute Gasteiger partial charge is 0.414 e. The third kappa shape index (κ3) is 4.76. The minimum atomic E-state index is -3.84. The number of hydroxylamine groups is 2. The number of cyclic esters (lactones) is 1. The molecule has 0 aliphatic carbocycles. The quantitative estimate of drug-likeness (QED) is 0.488. The third-order valence-corrected chi connectivity index (χ3v) is 7.72. The van der Waals surface area contributed by atoms with E-state index in [2.05, 4.69) is 0 Å². The average Bonchev–Trinajstić information content (AvgIpc) is 3.18. The standard InChI is InChI=1S/C24H29N3O7S/c1-16-4-7-21(17(2)12-16)27(31)10-8-25(9-11-27)23(29)20-6-5-18(13-22(20)35(3,32)33)26-19(14-28)15-34-24(26)30/h4-7,12-13,19,28H,8-11,14-15H2,1-3H3/t19-/m1/s1. The van der Waals surface area contributed by atoms with Crippen LogP contribution in [0, 0.1) is 19.1 Å². The van der Waals surface area contributed by atoms with Crippen molar-refractivity contribution in [1.29, 1.82) is 0 Å². The van der Waals surface area contributed by atoms with Gasteiger partial charge in [0, 0.05) is 17.5 Å². The number of aliphatic hydroxyl groups excluding tert-OH is 1. The van der Waals surface area contributed by atoms with Gasteiger partial charge in [-0.05, 0) is 38.1 Å². The Labute approximate surface area is 204 Å². The number of ether oxygens (including phenoxy) is 1. The lowest BCUT2D eigenvalue weighted by Gasteiger charge is -2.48. The number of carbonyl (C=O) groups excluding carboxylic acids is 2. The molecule has 0 unspecified atom stereocenters. The fraction of sp³-hybridized carbons (Fsp3) is 0.417. The van der Waals surface area contributed by atoms with Crippen LogP contribution >= 0.6 is 0 Å². The number of aryl methyl sites for hydroxylation is 2. The molecule has 2 aromatic rings. The normalized spacial score (nSPS) is 20.1. The van der Waals surface area contributed by atoms with Gasteiger partial charge in [-0.25, -0.2) is 13.2 Å². The Kier molecular flexibility index (Phi) is 6.62. The molecule has 2 fully saturated rings. The maximum atomic E-state index is 13.5. The predicted molar refractivity (Wildman–Crippen MR) is 131 cm³/mol. The number of piperazine rings is 1. The number of aliphatic hydroxyl groups is 1. The molecule has 2 aliphatic rings. The number of carbonyl (C=O) groups is 2. The molecule has 4 rings (SSSR count). The molecule has 10 nitrogen and oxygen atoms in total. The SMILES string of the molecule is Cc1ccc([N+]2([O-])CCN(C(=O)c3ccc(N4C(=O)OC[C@H]4CO)cc3S(C)(=O)=O)CC2)c(C)c1. The van der Waals surface area contributed by atoms with Crippen molar-refractivity contribution in [3.05, 3.63) is 58.3 Å². The van der Waals surface area contributed by atoms with E-state index in [9.17, 15) is 28.3 Å². The van der Waals surface area contributed by atoms with Gasteiger partial charge in [0.2, 0.25) is 0 Å². The number of benzene rings is 2. The van der Waals surface area contributed by atoms with Crippen LogP contribution in [-0.2, 0) is 14.6 Å². The first-order valence-corrected chi connectivity index (χ1v) is 13.2. The highest BCUT2D eigenvalue weighted by Crippen LogP contribution is 2.31. The Hall–Kier alpha value is -2.99. The molecule has 1 atom stereocenters. The number of anilines is 1.